The lowest BCUT2D eigenvalue weighted by molar-refractivity contribution is -0.139. The highest BCUT2D eigenvalue weighted by atomic mass is 16.4. The van der Waals surface area contributed by atoms with Gasteiger partial charge in [-0.05, 0) is 62.3 Å². The summed E-state index contributed by atoms with van der Waals surface area (Å²) in [7, 11) is 0. The van der Waals surface area contributed by atoms with Crippen molar-refractivity contribution in [1.82, 2.24) is 15.0 Å². The molecular weight excluding hydrogens is 404 g/mol. The van der Waals surface area contributed by atoms with Gasteiger partial charge < -0.3 is 10.4 Å². The molecule has 2 N–H and O–H groups in total. The largest absolute Gasteiger partial charge is 0.481 e. The van der Waals surface area contributed by atoms with E-state index in [0.717, 1.165) is 55.7 Å². The number of carbonyl (C=O) groups is 2. The molecule has 32 heavy (non-hydrogen) atoms. The molecule has 4 rings (SSSR count). The van der Waals surface area contributed by atoms with Crippen LogP contribution in [0.5, 0.6) is 0 Å². The molecule has 1 aliphatic heterocycles. The molecule has 7 nitrogen and oxygen atoms in total. The average molecular weight is 433 g/mol. The van der Waals surface area contributed by atoms with Crippen LogP contribution in [-0.4, -0.2) is 38.4 Å². The van der Waals surface area contributed by atoms with Crippen LogP contribution in [0.25, 0.3) is 11.0 Å². The number of carboxylic acids is 1. The number of carboxylic acid groups (broad SMARTS) is 1. The number of aryl methyl sites for hydroxylation is 2. The molecule has 3 aromatic rings. The molecule has 2 aromatic heterocycles. The summed E-state index contributed by atoms with van der Waals surface area (Å²) in [4.78, 5) is 37.6. The molecule has 0 aliphatic carbocycles. The third-order valence-electron chi connectivity index (χ3n) is 5.92. The van der Waals surface area contributed by atoms with Gasteiger partial charge >= 0.3 is 5.97 Å². The van der Waals surface area contributed by atoms with Gasteiger partial charge in [0.05, 0.1) is 22.9 Å². The Kier molecular flexibility index (Phi) is 7.04. The highest BCUT2D eigenvalue weighted by Crippen LogP contribution is 2.23. The maximum Gasteiger partial charge on any atom is 0.312 e. The molecule has 166 valence electrons. The molecule has 1 aliphatic rings. The first-order valence-corrected chi connectivity index (χ1v) is 11.3. The van der Waals surface area contributed by atoms with E-state index >= 15 is 0 Å². The van der Waals surface area contributed by atoms with Gasteiger partial charge in [-0.15, -0.1) is 0 Å². The Balaban J connectivity index is 1.24. The van der Waals surface area contributed by atoms with Gasteiger partial charge in [0.25, 0.3) is 0 Å². The predicted molar refractivity (Wildman–Crippen MR) is 123 cm³/mol. The van der Waals surface area contributed by atoms with Gasteiger partial charge in [-0.3, -0.25) is 14.6 Å². The van der Waals surface area contributed by atoms with Crippen LogP contribution in [0.1, 0.15) is 61.4 Å². The number of nitrogens with zero attached hydrogens (tertiary/aromatic N) is 3. The van der Waals surface area contributed by atoms with Crippen molar-refractivity contribution in [2.45, 2.75) is 57.3 Å². The number of aromatic nitrogens is 3. The number of nitrogens with one attached hydrogen (secondary N) is 1. The van der Waals surface area contributed by atoms with Crippen molar-refractivity contribution in [2.75, 3.05) is 11.9 Å². The van der Waals surface area contributed by atoms with Crippen LogP contribution in [0.15, 0.2) is 42.6 Å². The first-order chi connectivity index (χ1) is 15.6. The Morgan fingerprint density at radius 2 is 1.88 bits per heavy atom. The minimum Gasteiger partial charge on any atom is -0.481 e. The molecule has 0 spiro atoms. The lowest BCUT2D eigenvalue weighted by atomic mass is 9.96. The van der Waals surface area contributed by atoms with Crippen molar-refractivity contribution in [1.29, 1.82) is 0 Å². The number of ketones is 1. The molecule has 1 atom stereocenters. The van der Waals surface area contributed by atoms with E-state index in [0.29, 0.717) is 17.6 Å². The lowest BCUT2D eigenvalue weighted by Gasteiger charge is -2.17. The fraction of sp³-hybridized carbons (Fsp3) is 0.400. The number of hydrogen-bond acceptors (Lipinski definition) is 6. The maximum absolute atomic E-state index is 12.4. The Hall–Kier alpha value is -3.35. The number of unbranched alkanes of at least 4 members (excludes halogenated alkanes) is 1. The van der Waals surface area contributed by atoms with Crippen molar-refractivity contribution in [3.05, 3.63) is 59.5 Å². The second kappa shape index (κ2) is 10.3. The second-order valence-corrected chi connectivity index (χ2v) is 8.30. The number of rotatable bonds is 10. The van der Waals surface area contributed by atoms with Crippen LogP contribution in [0.2, 0.25) is 0 Å². The fourth-order valence-corrected chi connectivity index (χ4v) is 4.10. The van der Waals surface area contributed by atoms with Crippen LogP contribution in [0, 0.1) is 0 Å². The summed E-state index contributed by atoms with van der Waals surface area (Å²) < 4.78 is 0. The lowest BCUT2D eigenvalue weighted by Crippen LogP contribution is -2.15. The second-order valence-electron chi connectivity index (χ2n) is 8.30. The summed E-state index contributed by atoms with van der Waals surface area (Å²) in [5.74, 6) is -0.718. The molecular formula is C25H28N4O3. The van der Waals surface area contributed by atoms with Crippen LogP contribution in [-0.2, 0) is 22.4 Å². The first-order valence-electron chi connectivity index (χ1n) is 11.3. The average Bonchev–Trinajstić information content (AvgIpc) is 2.81. The van der Waals surface area contributed by atoms with Gasteiger partial charge in [-0.2, -0.15) is 0 Å². The molecule has 0 saturated heterocycles. The van der Waals surface area contributed by atoms with Crippen molar-refractivity contribution < 1.29 is 14.7 Å². The van der Waals surface area contributed by atoms with Gasteiger partial charge in [0.15, 0.2) is 0 Å². The van der Waals surface area contributed by atoms with E-state index in [1.165, 1.54) is 11.8 Å². The minimum atomic E-state index is -0.977. The zero-order valence-electron chi connectivity index (χ0n) is 18.1. The molecule has 7 heteroatoms. The Morgan fingerprint density at radius 1 is 1.03 bits per heavy atom. The monoisotopic (exact) mass is 432 g/mol. The van der Waals surface area contributed by atoms with Gasteiger partial charge in [-0.1, -0.05) is 18.2 Å². The van der Waals surface area contributed by atoms with Gasteiger partial charge in [-0.25, -0.2) is 9.97 Å². The number of hydrogen-bond donors (Lipinski definition) is 2. The van der Waals surface area contributed by atoms with E-state index in [2.05, 4.69) is 32.4 Å². The standard InChI is InChI=1S/C25H28N4O3/c30-19(8-2-1-7-18-12-11-17-6-5-15-26-24(17)28-18)13-14-20(25(31)32)23-16-27-21-9-3-4-10-22(21)29-23/h3-4,9-12,16,20H,1-2,5-8,13-15H2,(H,26,28)(H,31,32)/t20-/m1/s1. The van der Waals surface area contributed by atoms with E-state index in [1.54, 1.807) is 0 Å². The van der Waals surface area contributed by atoms with Gasteiger partial charge in [0.2, 0.25) is 0 Å². The Morgan fingerprint density at radius 3 is 2.72 bits per heavy atom. The quantitative estimate of drug-likeness (QED) is 0.460. The molecule has 1 aromatic carbocycles. The molecule has 0 bridgehead atoms. The third kappa shape index (κ3) is 5.46. The number of anilines is 1. The van der Waals surface area contributed by atoms with Crippen LogP contribution >= 0.6 is 0 Å². The minimum absolute atomic E-state index is 0.0880. The summed E-state index contributed by atoms with van der Waals surface area (Å²) in [5.41, 5.74) is 4.11. The normalized spacial score (nSPS) is 13.9. The van der Waals surface area contributed by atoms with Crippen LogP contribution in [0.4, 0.5) is 5.82 Å². The molecule has 0 unspecified atom stereocenters. The fourth-order valence-electron chi connectivity index (χ4n) is 4.10. The molecule has 0 fully saturated rings. The number of benzene rings is 1. The predicted octanol–water partition coefficient (Wildman–Crippen LogP) is 4.31. The highest BCUT2D eigenvalue weighted by molar-refractivity contribution is 5.81. The van der Waals surface area contributed by atoms with E-state index < -0.39 is 11.9 Å². The van der Waals surface area contributed by atoms with E-state index in [-0.39, 0.29) is 18.6 Å². The number of pyridine rings is 1. The van der Waals surface area contributed by atoms with Crippen molar-refractivity contribution in [3.8, 4) is 0 Å². The summed E-state index contributed by atoms with van der Waals surface area (Å²) in [6, 6.07) is 11.6. The van der Waals surface area contributed by atoms with Gasteiger partial charge in [0, 0.05) is 25.1 Å². The number of fused-ring (bicyclic) bond motifs is 2. The zero-order chi connectivity index (χ0) is 22.3. The van der Waals surface area contributed by atoms with Crippen LogP contribution < -0.4 is 5.32 Å². The van der Waals surface area contributed by atoms with Crippen molar-refractivity contribution in [2.24, 2.45) is 0 Å². The molecule has 0 radical (unpaired) electrons. The van der Waals surface area contributed by atoms with E-state index in [1.807, 2.05) is 24.3 Å². The number of para-hydroxylation sites is 2. The molecule has 3 heterocycles. The number of carbonyl (C=O) groups excluding carboxylic acids is 1. The Labute approximate surface area is 187 Å². The maximum atomic E-state index is 12.4. The smallest absolute Gasteiger partial charge is 0.312 e. The van der Waals surface area contributed by atoms with E-state index in [4.69, 9.17) is 0 Å². The third-order valence-corrected chi connectivity index (χ3v) is 5.92. The number of Topliss-reactive ketones (excluding diaryl/α,β-unsaturated/α-hetero) is 1. The molecule has 0 saturated carbocycles. The highest BCUT2D eigenvalue weighted by Gasteiger charge is 2.23. The van der Waals surface area contributed by atoms with Crippen molar-refractivity contribution >= 4 is 28.6 Å². The summed E-state index contributed by atoms with van der Waals surface area (Å²) in [6.45, 7) is 0.972. The topological polar surface area (TPSA) is 105 Å². The van der Waals surface area contributed by atoms with E-state index in [9.17, 15) is 14.7 Å². The summed E-state index contributed by atoms with van der Waals surface area (Å²) in [5, 5.41) is 13.0. The first kappa shape index (κ1) is 21.9. The summed E-state index contributed by atoms with van der Waals surface area (Å²) in [6.07, 6.45) is 7.15. The SMILES string of the molecule is O=C(CCCCc1ccc2c(n1)NCCC2)CC[C@@H](C(=O)O)c1cnc2ccccc2n1. The van der Waals surface area contributed by atoms with Gasteiger partial charge in [0.1, 0.15) is 17.5 Å². The number of aliphatic carboxylic acids is 1. The van der Waals surface area contributed by atoms with Crippen molar-refractivity contribution in [3.63, 3.8) is 0 Å². The van der Waals surface area contributed by atoms with Crippen LogP contribution in [0.3, 0.4) is 0 Å². The molecule has 0 amide bonds. The summed E-state index contributed by atoms with van der Waals surface area (Å²) >= 11 is 0. The Bertz CT molecular complexity index is 1120. The zero-order valence-corrected chi connectivity index (χ0v) is 18.1.